The van der Waals surface area contributed by atoms with E-state index in [1.54, 1.807) is 0 Å². The normalized spacial score (nSPS) is 15.6. The van der Waals surface area contributed by atoms with Gasteiger partial charge in [-0.25, -0.2) is 4.98 Å². The molecule has 0 saturated carbocycles. The summed E-state index contributed by atoms with van der Waals surface area (Å²) in [7, 11) is 0. The molecular weight excluding hydrogens is 476 g/mol. The predicted octanol–water partition coefficient (Wildman–Crippen LogP) is 4.36. The molecule has 2 aromatic heterocycles. The quantitative estimate of drug-likeness (QED) is 0.272. The van der Waals surface area contributed by atoms with Crippen LogP contribution in [0.3, 0.4) is 0 Å². The Morgan fingerprint density at radius 2 is 1.74 bits per heavy atom. The molecular formula is C30H38N6O2. The highest BCUT2D eigenvalue weighted by Gasteiger charge is 2.26. The average molecular weight is 515 g/mol. The molecule has 1 saturated heterocycles. The molecule has 0 bridgehead atoms. The maximum atomic E-state index is 6.53. The van der Waals surface area contributed by atoms with Crippen molar-refractivity contribution < 1.29 is 9.47 Å². The van der Waals surface area contributed by atoms with Crippen LogP contribution in [0.4, 0.5) is 5.95 Å². The summed E-state index contributed by atoms with van der Waals surface area (Å²) >= 11 is 0. The van der Waals surface area contributed by atoms with Crippen LogP contribution >= 0.6 is 0 Å². The lowest BCUT2D eigenvalue weighted by atomic mass is 10.1. The Morgan fingerprint density at radius 3 is 2.53 bits per heavy atom. The summed E-state index contributed by atoms with van der Waals surface area (Å²) in [5, 5.41) is 3.74. The molecule has 8 heteroatoms. The van der Waals surface area contributed by atoms with Crippen molar-refractivity contribution in [3.8, 4) is 0 Å². The maximum absolute atomic E-state index is 6.53. The number of imidazole rings is 1. The second-order valence-corrected chi connectivity index (χ2v) is 9.81. The zero-order valence-corrected chi connectivity index (χ0v) is 22.1. The Hall–Kier alpha value is -3.30. The van der Waals surface area contributed by atoms with Crippen LogP contribution in [0, 0.1) is 6.92 Å². The number of aromatic nitrogens is 3. The lowest BCUT2D eigenvalue weighted by Crippen LogP contribution is -2.41. The number of fused-ring (bicyclic) bond motifs is 1. The summed E-state index contributed by atoms with van der Waals surface area (Å²) in [5.41, 5.74) is 10.6. The number of aryl methyl sites for hydroxylation is 1. The summed E-state index contributed by atoms with van der Waals surface area (Å²) in [4.78, 5) is 12.3. The van der Waals surface area contributed by atoms with Gasteiger partial charge in [0.2, 0.25) is 5.95 Å². The van der Waals surface area contributed by atoms with E-state index in [2.05, 4.69) is 33.0 Å². The third-order valence-electron chi connectivity index (χ3n) is 6.97. The molecule has 0 aliphatic carbocycles. The van der Waals surface area contributed by atoms with Crippen molar-refractivity contribution in [3.05, 3.63) is 89.7 Å². The molecule has 1 unspecified atom stereocenters. The zero-order valence-electron chi connectivity index (χ0n) is 22.1. The van der Waals surface area contributed by atoms with Crippen LogP contribution in [0.1, 0.15) is 36.0 Å². The minimum atomic E-state index is -0.442. The number of rotatable bonds is 12. The predicted molar refractivity (Wildman–Crippen MR) is 151 cm³/mol. The van der Waals surface area contributed by atoms with Crippen LogP contribution in [0.15, 0.2) is 72.8 Å². The number of pyridine rings is 1. The summed E-state index contributed by atoms with van der Waals surface area (Å²) in [6, 6.07) is 24.8. The number of nitrogens with zero attached hydrogens (tertiary/aromatic N) is 4. The lowest BCUT2D eigenvalue weighted by Gasteiger charge is -2.32. The minimum Gasteiger partial charge on any atom is -0.374 e. The van der Waals surface area contributed by atoms with Gasteiger partial charge in [0.25, 0.3) is 0 Å². The van der Waals surface area contributed by atoms with Crippen molar-refractivity contribution >= 4 is 17.0 Å². The second kappa shape index (κ2) is 13.0. The van der Waals surface area contributed by atoms with Gasteiger partial charge in [-0.15, -0.1) is 0 Å². The van der Waals surface area contributed by atoms with Gasteiger partial charge in [-0.2, -0.15) is 0 Å². The fourth-order valence-corrected chi connectivity index (χ4v) is 5.03. The van der Waals surface area contributed by atoms with E-state index in [0.29, 0.717) is 32.4 Å². The molecule has 200 valence electrons. The Kier molecular flexibility index (Phi) is 8.98. The smallest absolute Gasteiger partial charge is 0.206 e. The van der Waals surface area contributed by atoms with Crippen molar-refractivity contribution in [1.82, 2.24) is 19.4 Å². The fraction of sp³-hybridized carbons (Fsp3) is 0.400. The first-order valence-corrected chi connectivity index (χ1v) is 13.5. The summed E-state index contributed by atoms with van der Waals surface area (Å²) in [5.74, 6) is 0.807. The van der Waals surface area contributed by atoms with Gasteiger partial charge >= 0.3 is 0 Å². The van der Waals surface area contributed by atoms with Gasteiger partial charge in [-0.3, -0.25) is 9.55 Å². The second-order valence-electron chi connectivity index (χ2n) is 9.81. The number of benzene rings is 2. The molecule has 1 atom stereocenters. The lowest BCUT2D eigenvalue weighted by molar-refractivity contribution is -0.0126. The highest BCUT2D eigenvalue weighted by molar-refractivity contribution is 5.79. The number of hydrogen-bond donors (Lipinski definition) is 2. The van der Waals surface area contributed by atoms with Crippen LogP contribution < -0.4 is 11.1 Å². The van der Waals surface area contributed by atoms with E-state index >= 15 is 0 Å². The number of nitrogens with two attached hydrogens (primary N) is 1. The summed E-state index contributed by atoms with van der Waals surface area (Å²) in [6.07, 6.45) is 1.65. The zero-order chi connectivity index (χ0) is 26.2. The molecule has 3 N–H and O–H groups in total. The van der Waals surface area contributed by atoms with Crippen LogP contribution in [-0.4, -0.2) is 64.9 Å². The first-order valence-electron chi connectivity index (χ1n) is 13.5. The first-order chi connectivity index (χ1) is 18.7. The van der Waals surface area contributed by atoms with Gasteiger partial charge in [0.05, 0.1) is 36.5 Å². The highest BCUT2D eigenvalue weighted by atomic mass is 16.5. The van der Waals surface area contributed by atoms with Crippen LogP contribution in [0.25, 0.3) is 11.0 Å². The largest absolute Gasteiger partial charge is 0.374 e. The molecule has 0 spiro atoms. The van der Waals surface area contributed by atoms with Gasteiger partial charge < -0.3 is 25.4 Å². The number of likely N-dealkylation sites (tertiary alicyclic amines) is 1. The Bertz CT molecular complexity index is 1290. The van der Waals surface area contributed by atoms with Crippen LogP contribution in [0.5, 0.6) is 0 Å². The maximum Gasteiger partial charge on any atom is 0.206 e. The van der Waals surface area contributed by atoms with E-state index in [4.69, 9.17) is 25.2 Å². The SMILES string of the molecule is Cc1cccc(C(OCCOCc2ccccc2)n2c(NC3CCN(CCN)CC3)nc3ccccc32)n1. The van der Waals surface area contributed by atoms with Crippen molar-refractivity contribution in [2.75, 3.05) is 44.7 Å². The van der Waals surface area contributed by atoms with Crippen LogP contribution in [0.2, 0.25) is 0 Å². The molecule has 1 aliphatic heterocycles. The van der Waals surface area contributed by atoms with Crippen molar-refractivity contribution in [3.63, 3.8) is 0 Å². The van der Waals surface area contributed by atoms with Gasteiger partial charge in [0.15, 0.2) is 6.23 Å². The number of hydrogen-bond acceptors (Lipinski definition) is 7. The average Bonchev–Trinajstić information content (AvgIpc) is 3.30. The Morgan fingerprint density at radius 1 is 0.947 bits per heavy atom. The van der Waals surface area contributed by atoms with Crippen molar-refractivity contribution in [1.29, 1.82) is 0 Å². The molecule has 5 rings (SSSR count). The monoisotopic (exact) mass is 514 g/mol. The molecule has 1 fully saturated rings. The molecule has 8 nitrogen and oxygen atoms in total. The highest BCUT2D eigenvalue weighted by Crippen LogP contribution is 2.30. The van der Waals surface area contributed by atoms with Gasteiger partial charge in [-0.05, 0) is 49.6 Å². The van der Waals surface area contributed by atoms with Crippen molar-refractivity contribution in [2.24, 2.45) is 5.73 Å². The number of para-hydroxylation sites is 2. The number of nitrogens with one attached hydrogen (secondary N) is 1. The third kappa shape index (κ3) is 6.57. The standard InChI is InChI=1S/C30H38N6O2/c1-23-8-7-12-27(32-23)29(38-21-20-37-22-24-9-3-2-4-10-24)36-28-13-6-5-11-26(28)34-30(36)33-25-14-17-35(18-15-25)19-16-31/h2-13,25,29H,14-22,31H2,1H3,(H,33,34). The van der Waals surface area contributed by atoms with Crippen LogP contribution in [-0.2, 0) is 16.1 Å². The molecule has 1 aliphatic rings. The van der Waals surface area contributed by atoms with E-state index in [0.717, 1.165) is 66.4 Å². The van der Waals surface area contributed by atoms with E-state index < -0.39 is 6.23 Å². The van der Waals surface area contributed by atoms with E-state index in [1.807, 2.05) is 61.5 Å². The Labute approximate surface area is 224 Å². The van der Waals surface area contributed by atoms with E-state index in [1.165, 1.54) is 0 Å². The Balaban J connectivity index is 1.37. The molecule has 2 aromatic carbocycles. The van der Waals surface area contributed by atoms with Gasteiger partial charge in [-0.1, -0.05) is 48.5 Å². The first kappa shape index (κ1) is 26.3. The van der Waals surface area contributed by atoms with Gasteiger partial charge in [0, 0.05) is 37.9 Å². The molecule has 0 radical (unpaired) electrons. The number of piperidine rings is 1. The third-order valence-corrected chi connectivity index (χ3v) is 6.97. The topological polar surface area (TPSA) is 90.5 Å². The number of anilines is 1. The van der Waals surface area contributed by atoms with E-state index in [-0.39, 0.29) is 0 Å². The van der Waals surface area contributed by atoms with Gasteiger partial charge in [0.1, 0.15) is 0 Å². The fourth-order valence-electron chi connectivity index (χ4n) is 5.03. The molecule has 38 heavy (non-hydrogen) atoms. The van der Waals surface area contributed by atoms with E-state index in [9.17, 15) is 0 Å². The molecule has 0 amide bonds. The molecule has 4 aromatic rings. The summed E-state index contributed by atoms with van der Waals surface area (Å²) in [6.45, 7) is 7.19. The van der Waals surface area contributed by atoms with Crippen molar-refractivity contribution in [2.45, 2.75) is 38.6 Å². The summed E-state index contributed by atoms with van der Waals surface area (Å²) < 4.78 is 14.6. The number of ether oxygens (including phenoxy) is 2. The minimum absolute atomic E-state index is 0.333. The molecule has 3 heterocycles.